The topological polar surface area (TPSA) is 201 Å². The maximum atomic E-state index is 12.9. The number of aromatic carboxylic acids is 2. The minimum atomic E-state index is -1.44. The van der Waals surface area contributed by atoms with E-state index in [4.69, 9.17) is 15.9 Å². The molecule has 0 saturated heterocycles. The smallest absolute Gasteiger partial charge is 0.354 e. The van der Waals surface area contributed by atoms with Gasteiger partial charge >= 0.3 is 11.9 Å². The Hall–Kier alpha value is -2.84. The number of anilines is 1. The van der Waals surface area contributed by atoms with Gasteiger partial charge in [-0.05, 0) is 32.9 Å². The van der Waals surface area contributed by atoms with Gasteiger partial charge in [0.25, 0.3) is 0 Å². The largest absolute Gasteiger partial charge is 0.477 e. The Bertz CT molecular complexity index is 864. The average molecular weight is 488 g/mol. The Morgan fingerprint density at radius 2 is 1.50 bits per heavy atom. The molecular formula is C18H25N5O7S2. The van der Waals surface area contributed by atoms with E-state index in [-0.39, 0.29) is 11.4 Å². The zero-order valence-corrected chi connectivity index (χ0v) is 19.2. The SMILES string of the molecule is C[C@H](N)C(=O)N[C@@H](C)C(=O)N[C@@H](C)C(=O)C(CSS)Nc1cc(C(=O)O)nc(C(=O)O)c1. The van der Waals surface area contributed by atoms with Gasteiger partial charge in [-0.25, -0.2) is 14.6 Å². The molecule has 4 atom stereocenters. The molecule has 0 aliphatic rings. The van der Waals surface area contributed by atoms with Crippen LogP contribution < -0.4 is 21.7 Å². The number of carbonyl (C=O) groups is 5. The Labute approximate surface area is 192 Å². The van der Waals surface area contributed by atoms with Gasteiger partial charge in [0, 0.05) is 11.4 Å². The Morgan fingerprint density at radius 3 is 1.94 bits per heavy atom. The van der Waals surface area contributed by atoms with Crippen LogP contribution >= 0.6 is 22.5 Å². The van der Waals surface area contributed by atoms with Crippen LogP contribution in [0.3, 0.4) is 0 Å². The van der Waals surface area contributed by atoms with Crippen molar-refractivity contribution in [1.82, 2.24) is 15.6 Å². The molecule has 0 aliphatic carbocycles. The minimum absolute atomic E-state index is 0.0478. The van der Waals surface area contributed by atoms with Gasteiger partial charge in [0.2, 0.25) is 11.8 Å². The standard InChI is InChI=1S/C18H25N5O7S2/c1-7(19)15(25)21-9(3)16(26)20-8(2)14(24)13(6-32-31)22-10-4-11(17(27)28)23-12(5-10)18(29)30/h4-5,7-9,13,31H,6,19H2,1-3H3,(H,20,26)(H,21,25)(H,22,23)(H,27,28)(H,29,30)/t7-,8-,9-,13?/m0/s1. The lowest BCUT2D eigenvalue weighted by Gasteiger charge is -2.24. The highest BCUT2D eigenvalue weighted by atomic mass is 33.1. The number of amides is 2. The van der Waals surface area contributed by atoms with Crippen LogP contribution in [0, 0.1) is 0 Å². The van der Waals surface area contributed by atoms with Crippen molar-refractivity contribution in [2.24, 2.45) is 5.73 Å². The third-order valence-corrected chi connectivity index (χ3v) is 5.07. The number of rotatable bonds is 12. The Morgan fingerprint density at radius 1 is 1.00 bits per heavy atom. The summed E-state index contributed by atoms with van der Waals surface area (Å²) in [6, 6.07) is -1.51. The van der Waals surface area contributed by atoms with E-state index in [1.54, 1.807) is 0 Å². The summed E-state index contributed by atoms with van der Waals surface area (Å²) in [5.74, 6) is -4.37. The fourth-order valence-electron chi connectivity index (χ4n) is 2.43. The average Bonchev–Trinajstić information content (AvgIpc) is 2.72. The molecule has 0 aliphatic heterocycles. The summed E-state index contributed by atoms with van der Waals surface area (Å²) in [6.07, 6.45) is 0. The maximum Gasteiger partial charge on any atom is 0.354 e. The predicted octanol–water partition coefficient (Wildman–Crippen LogP) is -0.238. The zero-order chi connectivity index (χ0) is 24.6. The van der Waals surface area contributed by atoms with Crippen molar-refractivity contribution < 1.29 is 34.2 Å². The molecule has 1 rings (SSSR count). The van der Waals surface area contributed by atoms with Crippen LogP contribution in [0.1, 0.15) is 41.7 Å². The van der Waals surface area contributed by atoms with Crippen LogP contribution in [0.5, 0.6) is 0 Å². The lowest BCUT2D eigenvalue weighted by molar-refractivity contribution is -0.131. The summed E-state index contributed by atoms with van der Waals surface area (Å²) in [6.45, 7) is 4.34. The first-order valence-electron chi connectivity index (χ1n) is 9.29. The number of carboxylic acids is 2. The molecular weight excluding hydrogens is 462 g/mol. The number of nitrogens with one attached hydrogen (secondary N) is 3. The zero-order valence-electron chi connectivity index (χ0n) is 17.5. The molecule has 0 aromatic carbocycles. The molecule has 1 unspecified atom stereocenters. The number of carbonyl (C=O) groups excluding carboxylic acids is 3. The number of nitrogens with two attached hydrogens (primary N) is 1. The molecule has 1 heterocycles. The van der Waals surface area contributed by atoms with Gasteiger partial charge < -0.3 is 31.9 Å². The number of carboxylic acid groups (broad SMARTS) is 2. The van der Waals surface area contributed by atoms with E-state index < -0.39 is 65.1 Å². The third kappa shape index (κ3) is 8.01. The van der Waals surface area contributed by atoms with Crippen molar-refractivity contribution in [3.8, 4) is 0 Å². The Kier molecular flexibility index (Phi) is 10.4. The fraction of sp³-hybridized carbons (Fsp3) is 0.444. The second-order valence-corrected chi connectivity index (χ2v) is 8.25. The highest BCUT2D eigenvalue weighted by molar-refractivity contribution is 8.68. The summed E-state index contributed by atoms with van der Waals surface area (Å²) < 4.78 is 0. The monoisotopic (exact) mass is 487 g/mol. The van der Waals surface area contributed by atoms with Gasteiger partial charge in [-0.2, -0.15) is 0 Å². The molecule has 0 fully saturated rings. The van der Waals surface area contributed by atoms with E-state index in [1.165, 1.54) is 20.8 Å². The van der Waals surface area contributed by atoms with Crippen molar-refractivity contribution in [1.29, 1.82) is 0 Å². The second kappa shape index (κ2) is 12.3. The van der Waals surface area contributed by atoms with Crippen LogP contribution in [-0.2, 0) is 14.4 Å². The molecule has 7 N–H and O–H groups in total. The molecule has 0 radical (unpaired) electrons. The number of hydrogen-bond acceptors (Lipinski definition) is 10. The van der Waals surface area contributed by atoms with Gasteiger partial charge in [0.15, 0.2) is 17.2 Å². The predicted molar refractivity (Wildman–Crippen MR) is 121 cm³/mol. The first-order valence-corrected chi connectivity index (χ1v) is 11.3. The van der Waals surface area contributed by atoms with Crippen LogP contribution in [0.4, 0.5) is 5.69 Å². The van der Waals surface area contributed by atoms with Crippen LogP contribution in [0.2, 0.25) is 0 Å². The van der Waals surface area contributed by atoms with E-state index >= 15 is 0 Å². The molecule has 14 heteroatoms. The maximum absolute atomic E-state index is 12.9. The van der Waals surface area contributed by atoms with E-state index in [0.29, 0.717) is 0 Å². The molecule has 0 spiro atoms. The van der Waals surface area contributed by atoms with Crippen LogP contribution in [-0.4, -0.2) is 74.7 Å². The molecule has 0 saturated carbocycles. The lowest BCUT2D eigenvalue weighted by atomic mass is 10.1. The number of hydrogen-bond donors (Lipinski definition) is 7. The first-order chi connectivity index (χ1) is 14.9. The van der Waals surface area contributed by atoms with Gasteiger partial charge in [0.05, 0.1) is 18.1 Å². The quantitative estimate of drug-likeness (QED) is 0.151. The van der Waals surface area contributed by atoms with E-state index in [1.807, 2.05) is 0 Å². The highest BCUT2D eigenvalue weighted by Gasteiger charge is 2.28. The number of aromatic nitrogens is 1. The lowest BCUT2D eigenvalue weighted by Crippen LogP contribution is -2.54. The summed E-state index contributed by atoms with van der Waals surface area (Å²) in [5.41, 5.74) is 4.46. The van der Waals surface area contributed by atoms with E-state index in [9.17, 15) is 24.0 Å². The van der Waals surface area contributed by atoms with Crippen LogP contribution in [0.25, 0.3) is 0 Å². The molecule has 176 valence electrons. The second-order valence-electron chi connectivity index (χ2n) is 6.88. The van der Waals surface area contributed by atoms with Crippen molar-refractivity contribution in [2.45, 2.75) is 44.9 Å². The van der Waals surface area contributed by atoms with Crippen molar-refractivity contribution in [3.05, 3.63) is 23.5 Å². The molecule has 2 amide bonds. The number of pyridine rings is 1. The third-order valence-electron chi connectivity index (χ3n) is 4.14. The van der Waals surface area contributed by atoms with E-state index in [0.717, 1.165) is 22.9 Å². The van der Waals surface area contributed by atoms with Gasteiger partial charge in [0.1, 0.15) is 6.04 Å². The fourth-order valence-corrected chi connectivity index (χ4v) is 3.27. The van der Waals surface area contributed by atoms with Crippen molar-refractivity contribution in [3.63, 3.8) is 0 Å². The molecule has 1 aromatic rings. The highest BCUT2D eigenvalue weighted by Crippen LogP contribution is 2.17. The van der Waals surface area contributed by atoms with Gasteiger partial charge in [-0.3, -0.25) is 14.4 Å². The summed E-state index contributed by atoms with van der Waals surface area (Å²) in [4.78, 5) is 62.8. The number of Topliss-reactive ketones (excluding diaryl/α,β-unsaturated/α-hetero) is 1. The molecule has 0 bridgehead atoms. The number of nitrogens with zero attached hydrogens (tertiary/aromatic N) is 1. The Balaban J connectivity index is 2.98. The first kappa shape index (κ1) is 27.2. The van der Waals surface area contributed by atoms with Gasteiger partial charge in [-0.15, -0.1) is 11.7 Å². The van der Waals surface area contributed by atoms with Crippen molar-refractivity contribution in [2.75, 3.05) is 11.1 Å². The minimum Gasteiger partial charge on any atom is -0.477 e. The van der Waals surface area contributed by atoms with Crippen LogP contribution in [0.15, 0.2) is 12.1 Å². The summed E-state index contributed by atoms with van der Waals surface area (Å²) >= 11 is 4.03. The molecule has 12 nitrogen and oxygen atoms in total. The summed E-state index contributed by atoms with van der Waals surface area (Å²) in [5, 5.41) is 26.0. The number of thiol groups is 1. The normalized spacial score (nSPS) is 14.4. The number of ketones is 1. The molecule has 32 heavy (non-hydrogen) atoms. The van der Waals surface area contributed by atoms with E-state index in [2.05, 4.69) is 32.6 Å². The van der Waals surface area contributed by atoms with Crippen molar-refractivity contribution >= 4 is 57.7 Å². The summed E-state index contributed by atoms with van der Waals surface area (Å²) in [7, 11) is 1.01. The van der Waals surface area contributed by atoms with Gasteiger partial charge in [-0.1, -0.05) is 10.8 Å². The molecule has 1 aromatic heterocycles.